The Kier molecular flexibility index (Phi) is 4.16. The quantitative estimate of drug-likeness (QED) is 0.776. The van der Waals surface area contributed by atoms with Crippen LogP contribution in [0, 0.1) is 0 Å². The van der Waals surface area contributed by atoms with Gasteiger partial charge in [0.15, 0.2) is 5.78 Å². The summed E-state index contributed by atoms with van der Waals surface area (Å²) in [6.45, 7) is 3.35. The zero-order valence-corrected chi connectivity index (χ0v) is 11.1. The fourth-order valence-corrected chi connectivity index (χ4v) is 2.37. The third-order valence-corrected chi connectivity index (χ3v) is 3.36. The van der Waals surface area contributed by atoms with Crippen molar-refractivity contribution in [1.82, 2.24) is 5.32 Å². The van der Waals surface area contributed by atoms with Gasteiger partial charge in [-0.3, -0.25) is 9.59 Å². The molecule has 0 aliphatic carbocycles. The number of hydrogen-bond donors (Lipinski definition) is 2. The van der Waals surface area contributed by atoms with Crippen LogP contribution in [0.25, 0.3) is 0 Å². The molecule has 1 aromatic carbocycles. The normalized spacial score (nSPS) is 19.2. The van der Waals surface area contributed by atoms with Crippen molar-refractivity contribution in [3.63, 3.8) is 0 Å². The van der Waals surface area contributed by atoms with Crippen molar-refractivity contribution >= 4 is 17.4 Å². The van der Waals surface area contributed by atoms with E-state index in [0.717, 1.165) is 12.2 Å². The van der Waals surface area contributed by atoms with Gasteiger partial charge in [-0.1, -0.05) is 12.1 Å². The summed E-state index contributed by atoms with van der Waals surface area (Å²) < 4.78 is 0. The number of anilines is 1. The molecule has 0 aromatic heterocycles. The molecular weight excluding hydrogens is 242 g/mol. The van der Waals surface area contributed by atoms with E-state index in [-0.39, 0.29) is 17.7 Å². The maximum Gasteiger partial charge on any atom is 0.242 e. The summed E-state index contributed by atoms with van der Waals surface area (Å²) in [4.78, 5) is 25.4. The molecule has 1 aliphatic heterocycles. The molecule has 1 fully saturated rings. The van der Waals surface area contributed by atoms with Gasteiger partial charge in [-0.2, -0.15) is 0 Å². The highest BCUT2D eigenvalue weighted by Crippen LogP contribution is 2.21. The zero-order valence-electron chi connectivity index (χ0n) is 11.1. The van der Waals surface area contributed by atoms with Crippen LogP contribution >= 0.6 is 0 Å². The van der Waals surface area contributed by atoms with Gasteiger partial charge >= 0.3 is 0 Å². The lowest BCUT2D eigenvalue weighted by molar-refractivity contribution is -0.123. The molecule has 1 atom stereocenters. The van der Waals surface area contributed by atoms with Crippen LogP contribution in [0.15, 0.2) is 24.3 Å². The minimum absolute atomic E-state index is 0.00456. The van der Waals surface area contributed by atoms with Crippen LogP contribution in [0.5, 0.6) is 0 Å². The first-order chi connectivity index (χ1) is 9.13. The van der Waals surface area contributed by atoms with Gasteiger partial charge in [0.25, 0.3) is 0 Å². The van der Waals surface area contributed by atoms with E-state index in [1.807, 2.05) is 23.1 Å². The van der Waals surface area contributed by atoms with Crippen molar-refractivity contribution < 1.29 is 9.59 Å². The predicted molar refractivity (Wildman–Crippen MR) is 74.3 cm³/mol. The van der Waals surface area contributed by atoms with E-state index in [9.17, 15) is 9.59 Å². The molecule has 1 unspecified atom stereocenters. The SMILES string of the molecule is CC(=O)c1cccc(N2CCNC(=O)C2CCN)c1. The summed E-state index contributed by atoms with van der Waals surface area (Å²) in [6.07, 6.45) is 0.607. The molecule has 3 N–H and O–H groups in total. The molecule has 1 aliphatic rings. The average molecular weight is 261 g/mol. The second-order valence-electron chi connectivity index (χ2n) is 4.68. The number of piperazine rings is 1. The summed E-state index contributed by atoms with van der Waals surface area (Å²) in [6, 6.07) is 7.14. The Morgan fingerprint density at radius 1 is 1.53 bits per heavy atom. The molecule has 0 spiro atoms. The topological polar surface area (TPSA) is 75.4 Å². The van der Waals surface area contributed by atoms with Gasteiger partial charge in [0.05, 0.1) is 0 Å². The fraction of sp³-hybridized carbons (Fsp3) is 0.429. The van der Waals surface area contributed by atoms with Gasteiger partial charge in [-0.05, 0) is 32.0 Å². The third-order valence-electron chi connectivity index (χ3n) is 3.36. The van der Waals surface area contributed by atoms with Crippen LogP contribution in [0.1, 0.15) is 23.7 Å². The lowest BCUT2D eigenvalue weighted by Crippen LogP contribution is -2.56. The molecule has 1 aromatic rings. The van der Waals surface area contributed by atoms with Crippen molar-refractivity contribution in [2.75, 3.05) is 24.5 Å². The van der Waals surface area contributed by atoms with Gasteiger partial charge in [0.2, 0.25) is 5.91 Å². The van der Waals surface area contributed by atoms with E-state index < -0.39 is 0 Å². The number of carbonyl (C=O) groups is 2. The van der Waals surface area contributed by atoms with Crippen LogP contribution in [-0.4, -0.2) is 37.4 Å². The molecule has 0 saturated carbocycles. The summed E-state index contributed by atoms with van der Waals surface area (Å²) in [5, 5.41) is 2.85. The van der Waals surface area contributed by atoms with Crippen LogP contribution in [0.3, 0.4) is 0 Å². The Labute approximate surface area is 112 Å². The monoisotopic (exact) mass is 261 g/mol. The maximum atomic E-state index is 11.9. The molecule has 1 saturated heterocycles. The summed E-state index contributed by atoms with van der Waals surface area (Å²) in [5.74, 6) is 0.0311. The number of benzene rings is 1. The predicted octanol–water partition coefficient (Wildman–Crippen LogP) is 0.543. The first-order valence-corrected chi connectivity index (χ1v) is 6.49. The number of carbonyl (C=O) groups excluding carboxylic acids is 2. The Morgan fingerprint density at radius 2 is 2.32 bits per heavy atom. The molecular formula is C14H19N3O2. The first-order valence-electron chi connectivity index (χ1n) is 6.49. The van der Waals surface area contributed by atoms with Gasteiger partial charge in [0.1, 0.15) is 6.04 Å². The molecule has 1 heterocycles. The van der Waals surface area contributed by atoms with Crippen molar-refractivity contribution in [2.45, 2.75) is 19.4 Å². The molecule has 102 valence electrons. The molecule has 2 rings (SSSR count). The number of amides is 1. The van der Waals surface area contributed by atoms with E-state index in [1.165, 1.54) is 0 Å². The maximum absolute atomic E-state index is 11.9. The first kappa shape index (κ1) is 13.5. The fourth-order valence-electron chi connectivity index (χ4n) is 2.37. The number of nitrogens with two attached hydrogens (primary N) is 1. The molecule has 1 amide bonds. The highest BCUT2D eigenvalue weighted by atomic mass is 16.2. The minimum Gasteiger partial charge on any atom is -0.358 e. The Bertz CT molecular complexity index is 487. The second-order valence-corrected chi connectivity index (χ2v) is 4.68. The van der Waals surface area contributed by atoms with Crippen molar-refractivity contribution in [2.24, 2.45) is 5.73 Å². The van der Waals surface area contributed by atoms with E-state index in [1.54, 1.807) is 13.0 Å². The van der Waals surface area contributed by atoms with Crippen LogP contribution < -0.4 is 16.0 Å². The second kappa shape index (κ2) is 5.84. The zero-order chi connectivity index (χ0) is 13.8. The molecule has 0 bridgehead atoms. The number of ketones is 1. The van der Waals surface area contributed by atoms with E-state index in [0.29, 0.717) is 25.1 Å². The lowest BCUT2D eigenvalue weighted by atomic mass is 10.1. The number of nitrogens with zero attached hydrogens (tertiary/aromatic N) is 1. The van der Waals surface area contributed by atoms with Gasteiger partial charge in [-0.15, -0.1) is 0 Å². The van der Waals surface area contributed by atoms with E-state index in [2.05, 4.69) is 5.32 Å². The third kappa shape index (κ3) is 2.93. The molecule has 5 nitrogen and oxygen atoms in total. The minimum atomic E-state index is -0.249. The van der Waals surface area contributed by atoms with Crippen LogP contribution in [-0.2, 0) is 4.79 Å². The Hall–Kier alpha value is -1.88. The van der Waals surface area contributed by atoms with Crippen LogP contribution in [0.4, 0.5) is 5.69 Å². The Morgan fingerprint density at radius 3 is 3.00 bits per heavy atom. The smallest absolute Gasteiger partial charge is 0.242 e. The molecule has 5 heteroatoms. The van der Waals surface area contributed by atoms with E-state index in [4.69, 9.17) is 5.73 Å². The standard InChI is InChI=1S/C14H19N3O2/c1-10(18)11-3-2-4-12(9-11)17-8-7-16-14(19)13(17)5-6-15/h2-4,9,13H,5-8,15H2,1H3,(H,16,19). The van der Waals surface area contributed by atoms with Crippen LogP contribution in [0.2, 0.25) is 0 Å². The van der Waals surface area contributed by atoms with E-state index >= 15 is 0 Å². The number of hydrogen-bond acceptors (Lipinski definition) is 4. The molecule has 19 heavy (non-hydrogen) atoms. The van der Waals surface area contributed by atoms with Gasteiger partial charge < -0.3 is 16.0 Å². The number of nitrogens with one attached hydrogen (secondary N) is 1. The summed E-state index contributed by atoms with van der Waals surface area (Å²) >= 11 is 0. The van der Waals surface area contributed by atoms with Crippen molar-refractivity contribution in [1.29, 1.82) is 0 Å². The van der Waals surface area contributed by atoms with Gasteiger partial charge in [0, 0.05) is 24.3 Å². The number of rotatable bonds is 4. The largest absolute Gasteiger partial charge is 0.358 e. The molecule has 0 radical (unpaired) electrons. The summed E-state index contributed by atoms with van der Waals surface area (Å²) in [5.41, 5.74) is 7.14. The van der Waals surface area contributed by atoms with Crippen molar-refractivity contribution in [3.8, 4) is 0 Å². The summed E-state index contributed by atoms with van der Waals surface area (Å²) in [7, 11) is 0. The average Bonchev–Trinajstić information content (AvgIpc) is 2.41. The highest BCUT2D eigenvalue weighted by molar-refractivity contribution is 5.95. The van der Waals surface area contributed by atoms with Gasteiger partial charge in [-0.25, -0.2) is 0 Å². The van der Waals surface area contributed by atoms with Crippen molar-refractivity contribution in [3.05, 3.63) is 29.8 Å². The highest BCUT2D eigenvalue weighted by Gasteiger charge is 2.29. The Balaban J connectivity index is 2.29. The lowest BCUT2D eigenvalue weighted by Gasteiger charge is -2.36. The number of Topliss-reactive ketones (excluding diaryl/α,β-unsaturated/α-hetero) is 1.